The highest BCUT2D eigenvalue weighted by Gasteiger charge is 2.40. The summed E-state index contributed by atoms with van der Waals surface area (Å²) >= 11 is 0. The van der Waals surface area contributed by atoms with Gasteiger partial charge in [-0.2, -0.15) is 0 Å². The fraction of sp³-hybridized carbons (Fsp3) is 0.432. The Kier molecular flexibility index (Phi) is 11.4. The van der Waals surface area contributed by atoms with Gasteiger partial charge in [0, 0.05) is 19.5 Å². The summed E-state index contributed by atoms with van der Waals surface area (Å²) in [5, 5.41) is 13.5. The Labute approximate surface area is 281 Å². The highest BCUT2D eigenvalue weighted by molar-refractivity contribution is 5.96. The molecular formula is C37H46N6O5. The van der Waals surface area contributed by atoms with E-state index in [-0.39, 0.29) is 31.7 Å². The molecule has 2 aliphatic heterocycles. The van der Waals surface area contributed by atoms with Gasteiger partial charge in [0.05, 0.1) is 6.04 Å². The second kappa shape index (κ2) is 15.9. The maximum Gasteiger partial charge on any atom is 0.245 e. The van der Waals surface area contributed by atoms with Crippen LogP contribution in [-0.2, 0) is 36.8 Å². The van der Waals surface area contributed by atoms with Crippen LogP contribution in [0.15, 0.2) is 72.8 Å². The van der Waals surface area contributed by atoms with Crippen molar-refractivity contribution in [2.75, 3.05) is 13.1 Å². The number of hydrogen-bond acceptors (Lipinski definition) is 6. The Morgan fingerprint density at radius 3 is 2.31 bits per heavy atom. The molecular weight excluding hydrogens is 608 g/mol. The number of amides is 5. The second-order valence-electron chi connectivity index (χ2n) is 13.3. The van der Waals surface area contributed by atoms with Gasteiger partial charge in [0.15, 0.2) is 0 Å². The molecule has 2 heterocycles. The lowest BCUT2D eigenvalue weighted by Gasteiger charge is -2.31. The van der Waals surface area contributed by atoms with E-state index in [1.165, 1.54) is 4.90 Å². The van der Waals surface area contributed by atoms with E-state index in [1.807, 2.05) is 86.6 Å². The largest absolute Gasteiger partial charge is 0.354 e. The Balaban J connectivity index is 1.40. The molecule has 5 amide bonds. The van der Waals surface area contributed by atoms with E-state index < -0.39 is 59.7 Å². The van der Waals surface area contributed by atoms with Gasteiger partial charge in [0.1, 0.15) is 24.2 Å². The molecule has 0 bridgehead atoms. The van der Waals surface area contributed by atoms with Crippen molar-refractivity contribution >= 4 is 40.3 Å². The maximum atomic E-state index is 14.0. The molecule has 6 N–H and O–H groups in total. The van der Waals surface area contributed by atoms with Crippen molar-refractivity contribution in [1.82, 2.24) is 26.2 Å². The van der Waals surface area contributed by atoms with Crippen LogP contribution in [0.5, 0.6) is 0 Å². The van der Waals surface area contributed by atoms with Crippen molar-refractivity contribution < 1.29 is 24.0 Å². The molecule has 0 aromatic heterocycles. The first-order valence-corrected chi connectivity index (χ1v) is 16.9. The number of carbonyl (C=O) groups is 5. The average Bonchev–Trinajstić information content (AvgIpc) is 3.57. The standard InChI is InChI=1S/C37H46N6O5/c1-23(2)19-30-34(45)39-17-16-29(40-33(44)28(38)21-24-9-4-3-5-10-24)37(48)43-18-8-13-32(43)36(47)42-31(35(46)41-30)22-25-14-15-26-11-6-7-12-27(26)20-25/h3-7,9-12,14-15,20,23,28-32H,8,13,16-19,21-22,38H2,1-2H3,(H,39,45)(H,40,44)(H,41,46)(H,42,47)/t28-,29-,30-,31-,32+/m0/s1. The highest BCUT2D eigenvalue weighted by atomic mass is 16.2. The average molecular weight is 655 g/mol. The summed E-state index contributed by atoms with van der Waals surface area (Å²) in [4.78, 5) is 69.8. The van der Waals surface area contributed by atoms with Crippen LogP contribution in [0.1, 0.15) is 50.7 Å². The van der Waals surface area contributed by atoms with Gasteiger partial charge in [0.2, 0.25) is 29.5 Å². The third-order valence-corrected chi connectivity index (χ3v) is 9.05. The van der Waals surface area contributed by atoms with Gasteiger partial charge in [-0.25, -0.2) is 0 Å². The van der Waals surface area contributed by atoms with Gasteiger partial charge in [-0.1, -0.05) is 86.6 Å². The van der Waals surface area contributed by atoms with Crippen LogP contribution >= 0.6 is 0 Å². The molecule has 2 aliphatic rings. The van der Waals surface area contributed by atoms with Crippen molar-refractivity contribution in [3.05, 3.63) is 83.9 Å². The predicted molar refractivity (Wildman–Crippen MR) is 183 cm³/mol. The first kappa shape index (κ1) is 34.6. The minimum absolute atomic E-state index is 0.0686. The van der Waals surface area contributed by atoms with E-state index in [0.29, 0.717) is 25.8 Å². The van der Waals surface area contributed by atoms with Crippen molar-refractivity contribution in [2.45, 2.75) is 82.6 Å². The van der Waals surface area contributed by atoms with E-state index in [4.69, 9.17) is 5.73 Å². The van der Waals surface area contributed by atoms with Crippen molar-refractivity contribution in [2.24, 2.45) is 11.7 Å². The molecule has 11 heteroatoms. The summed E-state index contributed by atoms with van der Waals surface area (Å²) in [6.07, 6.45) is 1.95. The molecule has 3 aromatic carbocycles. The molecule has 3 aromatic rings. The Morgan fingerprint density at radius 1 is 0.854 bits per heavy atom. The van der Waals surface area contributed by atoms with Gasteiger partial charge >= 0.3 is 0 Å². The smallest absolute Gasteiger partial charge is 0.245 e. The zero-order valence-electron chi connectivity index (χ0n) is 27.6. The zero-order chi connectivity index (χ0) is 34.2. The number of nitrogens with zero attached hydrogens (tertiary/aromatic N) is 1. The number of fused-ring (bicyclic) bond motifs is 2. The molecule has 2 fully saturated rings. The molecule has 2 saturated heterocycles. The fourth-order valence-electron chi connectivity index (χ4n) is 6.52. The number of nitrogens with one attached hydrogen (secondary N) is 4. The maximum absolute atomic E-state index is 14.0. The van der Waals surface area contributed by atoms with Crippen molar-refractivity contribution in [1.29, 1.82) is 0 Å². The van der Waals surface area contributed by atoms with Crippen molar-refractivity contribution in [3.63, 3.8) is 0 Å². The molecule has 0 saturated carbocycles. The summed E-state index contributed by atoms with van der Waals surface area (Å²) in [6.45, 7) is 4.30. The number of nitrogens with two attached hydrogens (primary N) is 1. The van der Waals surface area contributed by atoms with Gasteiger partial charge in [-0.05, 0) is 59.9 Å². The topological polar surface area (TPSA) is 163 Å². The van der Waals surface area contributed by atoms with E-state index in [2.05, 4.69) is 21.3 Å². The lowest BCUT2D eigenvalue weighted by atomic mass is 9.99. The van der Waals surface area contributed by atoms with E-state index in [0.717, 1.165) is 21.9 Å². The molecule has 0 radical (unpaired) electrons. The van der Waals surface area contributed by atoms with Crippen LogP contribution in [0, 0.1) is 5.92 Å². The van der Waals surface area contributed by atoms with Crippen LogP contribution in [-0.4, -0.2) is 77.7 Å². The van der Waals surface area contributed by atoms with Gasteiger partial charge in [-0.3, -0.25) is 24.0 Å². The quantitative estimate of drug-likeness (QED) is 0.250. The van der Waals surface area contributed by atoms with Crippen LogP contribution in [0.2, 0.25) is 0 Å². The predicted octanol–water partition coefficient (Wildman–Crippen LogP) is 1.96. The Hall–Kier alpha value is -4.77. The summed E-state index contributed by atoms with van der Waals surface area (Å²) in [6, 6.07) is 18.5. The third-order valence-electron chi connectivity index (χ3n) is 9.05. The second-order valence-corrected chi connectivity index (χ2v) is 13.3. The minimum Gasteiger partial charge on any atom is -0.354 e. The van der Waals surface area contributed by atoms with Gasteiger partial charge in [0.25, 0.3) is 0 Å². The Bertz CT molecular complexity index is 1630. The van der Waals surface area contributed by atoms with Crippen LogP contribution in [0.25, 0.3) is 10.8 Å². The van der Waals surface area contributed by atoms with Crippen LogP contribution < -0.4 is 27.0 Å². The van der Waals surface area contributed by atoms with E-state index >= 15 is 0 Å². The molecule has 0 unspecified atom stereocenters. The summed E-state index contributed by atoms with van der Waals surface area (Å²) in [7, 11) is 0. The van der Waals surface area contributed by atoms with Crippen molar-refractivity contribution in [3.8, 4) is 0 Å². The molecule has 5 atom stereocenters. The molecule has 254 valence electrons. The summed E-state index contributed by atoms with van der Waals surface area (Å²) < 4.78 is 0. The van der Waals surface area contributed by atoms with Gasteiger partial charge < -0.3 is 31.9 Å². The molecule has 0 aliphatic carbocycles. The summed E-state index contributed by atoms with van der Waals surface area (Å²) in [5.41, 5.74) is 7.98. The zero-order valence-corrected chi connectivity index (χ0v) is 27.6. The number of rotatable bonds is 8. The number of hydrogen-bond donors (Lipinski definition) is 5. The molecule has 5 rings (SSSR count). The van der Waals surface area contributed by atoms with Gasteiger partial charge in [-0.15, -0.1) is 0 Å². The fourth-order valence-corrected chi connectivity index (χ4v) is 6.52. The van der Waals surface area contributed by atoms with Crippen LogP contribution in [0.3, 0.4) is 0 Å². The monoisotopic (exact) mass is 654 g/mol. The van der Waals surface area contributed by atoms with Crippen LogP contribution in [0.4, 0.5) is 0 Å². The SMILES string of the molecule is CC(C)C[C@@H]1NC(=O)[C@H](Cc2ccc3ccccc3c2)NC(=O)[C@H]2CCCN2C(=O)[C@@H](NC(=O)[C@@H](N)Cc2ccccc2)CCNC1=O. The summed E-state index contributed by atoms with van der Waals surface area (Å²) in [5.74, 6) is -2.15. The van der Waals surface area contributed by atoms with E-state index in [9.17, 15) is 24.0 Å². The van der Waals surface area contributed by atoms with E-state index in [1.54, 1.807) is 0 Å². The first-order chi connectivity index (χ1) is 23.1. The number of carbonyl (C=O) groups excluding carboxylic acids is 5. The first-order valence-electron chi connectivity index (χ1n) is 16.9. The Morgan fingerprint density at radius 2 is 1.56 bits per heavy atom. The normalized spacial score (nSPS) is 23.1. The molecule has 48 heavy (non-hydrogen) atoms. The third kappa shape index (κ3) is 8.77. The highest BCUT2D eigenvalue weighted by Crippen LogP contribution is 2.21. The molecule has 0 spiro atoms. The minimum atomic E-state index is -1.01. The molecule has 11 nitrogen and oxygen atoms in total. The lowest BCUT2D eigenvalue weighted by molar-refractivity contribution is -0.142. The lowest BCUT2D eigenvalue weighted by Crippen LogP contribution is -2.60. The number of benzene rings is 3.